The van der Waals surface area contributed by atoms with Crippen LogP contribution >= 0.6 is 15.9 Å². The number of carbonyl (C=O) groups excluding carboxylic acids is 1. The van der Waals surface area contributed by atoms with Gasteiger partial charge in [0.1, 0.15) is 5.82 Å². The van der Waals surface area contributed by atoms with Gasteiger partial charge in [0.15, 0.2) is 0 Å². The van der Waals surface area contributed by atoms with Gasteiger partial charge in [-0.2, -0.15) is 0 Å². The third kappa shape index (κ3) is 3.35. The molecule has 2 nitrogen and oxygen atoms in total. The Morgan fingerprint density at radius 2 is 2.31 bits per heavy atom. The number of carbonyl (C=O) groups is 1. The lowest BCUT2D eigenvalue weighted by Crippen LogP contribution is -2.04. The molecule has 0 amide bonds. The monoisotopic (exact) mass is 284 g/mol. The van der Waals surface area contributed by atoms with Crippen LogP contribution in [0.2, 0.25) is 0 Å². The number of hydrogen-bond donors (Lipinski definition) is 0. The second kappa shape index (κ2) is 6.29. The summed E-state index contributed by atoms with van der Waals surface area (Å²) in [6, 6.07) is 4.20. The van der Waals surface area contributed by atoms with Gasteiger partial charge in [-0.1, -0.05) is 27.8 Å². The Labute approximate surface area is 102 Å². The molecule has 0 aliphatic carbocycles. The number of alkyl halides is 1. The lowest BCUT2D eigenvalue weighted by atomic mass is 10.1. The minimum absolute atomic E-state index is 0.0754. The highest BCUT2D eigenvalue weighted by atomic mass is 79.9. The lowest BCUT2D eigenvalue weighted by molar-refractivity contribution is 0.0595. The average molecular weight is 285 g/mol. The van der Waals surface area contributed by atoms with Crippen molar-refractivity contribution in [3.8, 4) is 11.8 Å². The van der Waals surface area contributed by atoms with Gasteiger partial charge >= 0.3 is 5.97 Å². The van der Waals surface area contributed by atoms with Gasteiger partial charge in [0.25, 0.3) is 0 Å². The van der Waals surface area contributed by atoms with E-state index in [0.29, 0.717) is 12.0 Å². The van der Waals surface area contributed by atoms with Gasteiger partial charge in [-0.05, 0) is 18.2 Å². The molecule has 0 unspecified atom stereocenters. The topological polar surface area (TPSA) is 26.3 Å². The van der Waals surface area contributed by atoms with Crippen molar-refractivity contribution < 1.29 is 13.9 Å². The normalized spacial score (nSPS) is 9.19. The summed E-state index contributed by atoms with van der Waals surface area (Å²) in [5, 5.41) is 0.780. The Morgan fingerprint density at radius 3 is 2.88 bits per heavy atom. The highest BCUT2D eigenvalue weighted by molar-refractivity contribution is 9.09. The largest absolute Gasteiger partial charge is 0.465 e. The zero-order chi connectivity index (χ0) is 12.0. The second-order valence-electron chi connectivity index (χ2n) is 2.93. The Kier molecular flexibility index (Phi) is 5.00. The zero-order valence-electron chi connectivity index (χ0n) is 8.72. The summed E-state index contributed by atoms with van der Waals surface area (Å²) in [7, 11) is 1.21. The molecule has 0 heterocycles. The van der Waals surface area contributed by atoms with Crippen molar-refractivity contribution in [1.82, 2.24) is 0 Å². The number of benzene rings is 1. The van der Waals surface area contributed by atoms with E-state index in [1.54, 1.807) is 6.07 Å². The van der Waals surface area contributed by atoms with E-state index in [0.717, 1.165) is 5.33 Å². The van der Waals surface area contributed by atoms with Crippen LogP contribution in [0.25, 0.3) is 0 Å². The van der Waals surface area contributed by atoms with Crippen LogP contribution < -0.4 is 0 Å². The van der Waals surface area contributed by atoms with Crippen molar-refractivity contribution in [2.24, 2.45) is 0 Å². The molecule has 0 atom stereocenters. The highest BCUT2D eigenvalue weighted by Gasteiger charge is 2.11. The molecule has 0 bridgehead atoms. The summed E-state index contributed by atoms with van der Waals surface area (Å²) >= 11 is 3.24. The molecule has 0 spiro atoms. The summed E-state index contributed by atoms with van der Waals surface area (Å²) in [5.41, 5.74) is 0.472. The summed E-state index contributed by atoms with van der Waals surface area (Å²) in [5.74, 6) is 4.36. The first-order valence-corrected chi connectivity index (χ1v) is 5.74. The summed E-state index contributed by atoms with van der Waals surface area (Å²) < 4.78 is 17.9. The fourth-order valence-electron chi connectivity index (χ4n) is 1.08. The molecule has 0 radical (unpaired) electrons. The van der Waals surface area contributed by atoms with Crippen molar-refractivity contribution in [1.29, 1.82) is 0 Å². The van der Waals surface area contributed by atoms with Gasteiger partial charge in [0, 0.05) is 17.3 Å². The molecule has 16 heavy (non-hydrogen) atoms. The Hall–Kier alpha value is -1.34. The summed E-state index contributed by atoms with van der Waals surface area (Å²) in [6.07, 6.45) is 0.695. The SMILES string of the molecule is COC(=O)c1ccc(C#CCCBr)cc1F. The third-order valence-electron chi connectivity index (χ3n) is 1.83. The van der Waals surface area contributed by atoms with E-state index >= 15 is 0 Å². The van der Waals surface area contributed by atoms with Gasteiger partial charge in [-0.3, -0.25) is 0 Å². The van der Waals surface area contributed by atoms with Crippen LogP contribution in [0.5, 0.6) is 0 Å². The van der Waals surface area contributed by atoms with Gasteiger partial charge in [0.05, 0.1) is 12.7 Å². The number of halogens is 2. The summed E-state index contributed by atoms with van der Waals surface area (Å²) in [6.45, 7) is 0. The predicted molar refractivity (Wildman–Crippen MR) is 63.0 cm³/mol. The van der Waals surface area contributed by atoms with Gasteiger partial charge in [0.2, 0.25) is 0 Å². The first kappa shape index (κ1) is 12.7. The zero-order valence-corrected chi connectivity index (χ0v) is 10.3. The number of methoxy groups -OCH3 is 1. The molecule has 0 aromatic heterocycles. The van der Waals surface area contributed by atoms with E-state index in [1.165, 1.54) is 19.2 Å². The highest BCUT2D eigenvalue weighted by Crippen LogP contribution is 2.10. The van der Waals surface area contributed by atoms with Crippen molar-refractivity contribution in [3.63, 3.8) is 0 Å². The van der Waals surface area contributed by atoms with Crippen LogP contribution in [0.1, 0.15) is 22.3 Å². The lowest BCUT2D eigenvalue weighted by Gasteiger charge is -2.00. The minimum Gasteiger partial charge on any atom is -0.465 e. The minimum atomic E-state index is -0.683. The number of esters is 1. The first-order valence-electron chi connectivity index (χ1n) is 4.61. The molecule has 1 aromatic rings. The Balaban J connectivity index is 2.92. The van der Waals surface area contributed by atoms with Crippen LogP contribution in [-0.2, 0) is 4.74 Å². The first-order chi connectivity index (χ1) is 7.69. The fourth-order valence-corrected chi connectivity index (χ4v) is 1.28. The van der Waals surface area contributed by atoms with Crippen LogP contribution in [0.4, 0.5) is 4.39 Å². The van der Waals surface area contributed by atoms with Crippen LogP contribution in [-0.4, -0.2) is 18.4 Å². The quantitative estimate of drug-likeness (QED) is 0.474. The van der Waals surface area contributed by atoms with E-state index in [9.17, 15) is 9.18 Å². The van der Waals surface area contributed by atoms with Crippen molar-refractivity contribution in [2.45, 2.75) is 6.42 Å². The standard InChI is InChI=1S/C12H10BrFO2/c1-16-12(15)10-6-5-9(8-11(10)14)4-2-3-7-13/h5-6,8H,3,7H2,1H3. The fraction of sp³-hybridized carbons (Fsp3) is 0.250. The Bertz CT molecular complexity index is 446. The van der Waals surface area contributed by atoms with E-state index in [2.05, 4.69) is 32.5 Å². The number of rotatable bonds is 2. The summed E-state index contributed by atoms with van der Waals surface area (Å²) in [4.78, 5) is 11.1. The maximum absolute atomic E-state index is 13.4. The van der Waals surface area contributed by atoms with Gasteiger partial charge in [-0.25, -0.2) is 9.18 Å². The van der Waals surface area contributed by atoms with Crippen molar-refractivity contribution in [2.75, 3.05) is 12.4 Å². The van der Waals surface area contributed by atoms with E-state index < -0.39 is 11.8 Å². The molecular formula is C12H10BrFO2. The molecule has 0 aliphatic rings. The molecular weight excluding hydrogens is 275 g/mol. The molecule has 84 valence electrons. The van der Waals surface area contributed by atoms with Gasteiger partial charge < -0.3 is 4.74 Å². The maximum atomic E-state index is 13.4. The van der Waals surface area contributed by atoms with E-state index in [1.807, 2.05) is 0 Å². The van der Waals surface area contributed by atoms with Gasteiger partial charge in [-0.15, -0.1) is 0 Å². The molecule has 0 aliphatic heterocycles. The third-order valence-corrected chi connectivity index (χ3v) is 2.22. The Morgan fingerprint density at radius 1 is 1.56 bits per heavy atom. The maximum Gasteiger partial charge on any atom is 0.340 e. The van der Waals surface area contributed by atoms with Crippen LogP contribution in [0, 0.1) is 17.7 Å². The second-order valence-corrected chi connectivity index (χ2v) is 3.72. The smallest absolute Gasteiger partial charge is 0.340 e. The van der Waals surface area contributed by atoms with Crippen molar-refractivity contribution in [3.05, 3.63) is 35.1 Å². The predicted octanol–water partition coefficient (Wildman–Crippen LogP) is 2.75. The van der Waals surface area contributed by atoms with Crippen LogP contribution in [0.3, 0.4) is 0 Å². The molecule has 0 fully saturated rings. The molecule has 0 saturated carbocycles. The van der Waals surface area contributed by atoms with E-state index in [4.69, 9.17) is 0 Å². The molecule has 4 heteroatoms. The number of ether oxygens (including phenoxy) is 1. The molecule has 1 aromatic carbocycles. The molecule has 1 rings (SSSR count). The van der Waals surface area contributed by atoms with Crippen molar-refractivity contribution >= 4 is 21.9 Å². The molecule has 0 saturated heterocycles. The van der Waals surface area contributed by atoms with E-state index in [-0.39, 0.29) is 5.56 Å². The number of hydrogen-bond acceptors (Lipinski definition) is 2. The van der Waals surface area contributed by atoms with Crippen LogP contribution in [0.15, 0.2) is 18.2 Å². The molecule has 0 N–H and O–H groups in total. The average Bonchev–Trinajstić information content (AvgIpc) is 2.29.